The topological polar surface area (TPSA) is 52.1 Å². The maximum Gasteiger partial charge on any atom is 0.191 e. The largest absolute Gasteiger partial charge is 0.497 e. The van der Waals surface area contributed by atoms with Crippen LogP contribution in [0.2, 0.25) is 0 Å². The van der Waals surface area contributed by atoms with Gasteiger partial charge in [0.15, 0.2) is 5.96 Å². The van der Waals surface area contributed by atoms with Gasteiger partial charge in [0.1, 0.15) is 5.75 Å². The van der Waals surface area contributed by atoms with Gasteiger partial charge in [-0.25, -0.2) is 0 Å². The minimum atomic E-state index is 0.351. The molecule has 0 amide bonds. The van der Waals surface area contributed by atoms with E-state index in [0.717, 1.165) is 30.7 Å². The van der Waals surface area contributed by atoms with Crippen LogP contribution in [0, 0.1) is 5.92 Å². The number of ether oxygens (including phenoxy) is 1. The number of likely N-dealkylation sites (tertiary alicyclic amines) is 2. The van der Waals surface area contributed by atoms with Crippen molar-refractivity contribution in [3.05, 3.63) is 29.8 Å². The molecule has 0 radical (unpaired) electrons. The molecule has 2 fully saturated rings. The molecule has 1 atom stereocenters. The Bertz CT molecular complexity index is 634. The molecule has 0 bridgehead atoms. The van der Waals surface area contributed by atoms with E-state index in [4.69, 9.17) is 4.74 Å². The van der Waals surface area contributed by atoms with Gasteiger partial charge in [0.25, 0.3) is 0 Å². The summed E-state index contributed by atoms with van der Waals surface area (Å²) in [6.45, 7) is 6.65. The number of nitrogens with zero attached hydrogens (tertiary/aromatic N) is 3. The first-order valence-corrected chi connectivity index (χ1v) is 11.7. The van der Waals surface area contributed by atoms with Crippen LogP contribution in [-0.2, 0) is 0 Å². The summed E-state index contributed by atoms with van der Waals surface area (Å²) < 4.78 is 5.35. The zero-order valence-corrected chi connectivity index (χ0v) is 19.2. The summed E-state index contributed by atoms with van der Waals surface area (Å²) in [6.07, 6.45) is 7.78. The van der Waals surface area contributed by atoms with Gasteiger partial charge >= 0.3 is 0 Å². The smallest absolute Gasteiger partial charge is 0.191 e. The van der Waals surface area contributed by atoms with E-state index in [2.05, 4.69) is 56.7 Å². The first-order valence-electron chi connectivity index (χ1n) is 11.7. The van der Waals surface area contributed by atoms with Crippen LogP contribution in [0.3, 0.4) is 0 Å². The molecule has 0 spiro atoms. The number of methoxy groups -OCH3 is 1. The van der Waals surface area contributed by atoms with Gasteiger partial charge in [0, 0.05) is 20.1 Å². The number of hydrogen-bond acceptors (Lipinski definition) is 4. The summed E-state index contributed by atoms with van der Waals surface area (Å²) in [5, 5.41) is 7.14. The number of nitrogens with one attached hydrogen (secondary N) is 2. The monoisotopic (exact) mass is 415 g/mol. The van der Waals surface area contributed by atoms with Crippen molar-refractivity contribution < 1.29 is 4.74 Å². The van der Waals surface area contributed by atoms with E-state index in [9.17, 15) is 0 Å². The van der Waals surface area contributed by atoms with Crippen molar-refractivity contribution in [3.8, 4) is 5.75 Å². The summed E-state index contributed by atoms with van der Waals surface area (Å²) in [4.78, 5) is 9.52. The molecule has 2 N–H and O–H groups in total. The Balaban J connectivity index is 1.52. The average molecular weight is 416 g/mol. The summed E-state index contributed by atoms with van der Waals surface area (Å²) in [5.41, 5.74) is 1.34. The number of aliphatic imine (C=N–C) groups is 1. The lowest BCUT2D eigenvalue weighted by molar-refractivity contribution is 0.164. The molecular formula is C24H41N5O. The summed E-state index contributed by atoms with van der Waals surface area (Å²) in [7, 11) is 5.82. The second kappa shape index (κ2) is 12.2. The Morgan fingerprint density at radius 1 is 1.07 bits per heavy atom. The van der Waals surface area contributed by atoms with Crippen LogP contribution in [0.25, 0.3) is 0 Å². The molecule has 3 rings (SSSR count). The van der Waals surface area contributed by atoms with Gasteiger partial charge in [-0.3, -0.25) is 9.89 Å². The second-order valence-corrected chi connectivity index (χ2v) is 8.80. The lowest BCUT2D eigenvalue weighted by atomic mass is 9.94. The molecule has 2 heterocycles. The highest BCUT2D eigenvalue weighted by Crippen LogP contribution is 2.26. The van der Waals surface area contributed by atoms with Crippen LogP contribution in [0.5, 0.6) is 5.75 Å². The van der Waals surface area contributed by atoms with Crippen LogP contribution in [-0.4, -0.2) is 76.2 Å². The van der Waals surface area contributed by atoms with E-state index < -0.39 is 0 Å². The van der Waals surface area contributed by atoms with Crippen molar-refractivity contribution in [2.24, 2.45) is 10.9 Å². The van der Waals surface area contributed by atoms with E-state index in [-0.39, 0.29) is 0 Å². The Labute approximate surface area is 183 Å². The van der Waals surface area contributed by atoms with Crippen molar-refractivity contribution in [1.82, 2.24) is 20.4 Å². The van der Waals surface area contributed by atoms with Crippen molar-refractivity contribution in [1.29, 1.82) is 0 Å². The van der Waals surface area contributed by atoms with Crippen LogP contribution in [0.15, 0.2) is 29.3 Å². The van der Waals surface area contributed by atoms with E-state index in [0.29, 0.717) is 6.04 Å². The summed E-state index contributed by atoms with van der Waals surface area (Å²) in [6, 6.07) is 8.90. The third kappa shape index (κ3) is 6.88. The maximum atomic E-state index is 5.35. The standard InChI is InChI=1S/C24H41N5O/c1-25-24(26-14-11-20-12-17-28(2)18-13-20)27-19-23(29-15-5-4-6-16-29)21-7-9-22(30-3)10-8-21/h7-10,20,23H,4-6,11-19H2,1-3H3,(H2,25,26,27). The molecule has 30 heavy (non-hydrogen) atoms. The Kier molecular flexibility index (Phi) is 9.27. The normalized spacial score (nSPS) is 20.7. The predicted octanol–water partition coefficient (Wildman–Crippen LogP) is 3.12. The average Bonchev–Trinajstić information content (AvgIpc) is 2.80. The number of guanidine groups is 1. The number of hydrogen-bond donors (Lipinski definition) is 2. The predicted molar refractivity (Wildman–Crippen MR) is 125 cm³/mol. The molecule has 2 saturated heterocycles. The molecule has 0 saturated carbocycles. The second-order valence-electron chi connectivity index (χ2n) is 8.80. The van der Waals surface area contributed by atoms with Gasteiger partial charge in [-0.1, -0.05) is 18.6 Å². The van der Waals surface area contributed by atoms with Gasteiger partial charge in [0.2, 0.25) is 0 Å². The van der Waals surface area contributed by atoms with Crippen molar-refractivity contribution in [2.45, 2.75) is 44.6 Å². The first-order chi connectivity index (χ1) is 14.7. The zero-order chi connectivity index (χ0) is 21.2. The van der Waals surface area contributed by atoms with Crippen LogP contribution < -0.4 is 15.4 Å². The fourth-order valence-electron chi connectivity index (χ4n) is 4.67. The van der Waals surface area contributed by atoms with Gasteiger partial charge in [-0.15, -0.1) is 0 Å². The van der Waals surface area contributed by atoms with E-state index in [1.165, 1.54) is 70.3 Å². The highest BCUT2D eigenvalue weighted by Gasteiger charge is 2.23. The van der Waals surface area contributed by atoms with Crippen LogP contribution in [0.4, 0.5) is 0 Å². The lowest BCUT2D eigenvalue weighted by Crippen LogP contribution is -2.45. The zero-order valence-electron chi connectivity index (χ0n) is 19.2. The minimum Gasteiger partial charge on any atom is -0.497 e. The molecule has 0 aliphatic carbocycles. The number of benzene rings is 1. The molecular weight excluding hydrogens is 374 g/mol. The molecule has 168 valence electrons. The maximum absolute atomic E-state index is 5.35. The summed E-state index contributed by atoms with van der Waals surface area (Å²) in [5.74, 6) is 2.67. The van der Waals surface area contributed by atoms with Crippen molar-refractivity contribution in [3.63, 3.8) is 0 Å². The Morgan fingerprint density at radius 2 is 1.77 bits per heavy atom. The fourth-order valence-corrected chi connectivity index (χ4v) is 4.67. The molecule has 6 heteroatoms. The summed E-state index contributed by atoms with van der Waals surface area (Å²) >= 11 is 0. The van der Waals surface area contributed by atoms with Gasteiger partial charge in [-0.05, 0) is 88.9 Å². The molecule has 1 aromatic carbocycles. The van der Waals surface area contributed by atoms with Crippen LogP contribution in [0.1, 0.15) is 50.1 Å². The molecule has 0 aromatic heterocycles. The van der Waals surface area contributed by atoms with Crippen molar-refractivity contribution >= 4 is 5.96 Å². The molecule has 6 nitrogen and oxygen atoms in total. The van der Waals surface area contributed by atoms with Gasteiger partial charge < -0.3 is 20.3 Å². The fraction of sp³-hybridized carbons (Fsp3) is 0.708. The minimum absolute atomic E-state index is 0.351. The number of piperidine rings is 2. The number of rotatable bonds is 8. The van der Waals surface area contributed by atoms with E-state index >= 15 is 0 Å². The van der Waals surface area contributed by atoms with Gasteiger partial charge in [-0.2, -0.15) is 0 Å². The lowest BCUT2D eigenvalue weighted by Gasteiger charge is -2.35. The highest BCUT2D eigenvalue weighted by atomic mass is 16.5. The molecule has 1 aromatic rings. The van der Waals surface area contributed by atoms with E-state index in [1.54, 1.807) is 7.11 Å². The van der Waals surface area contributed by atoms with Gasteiger partial charge in [0.05, 0.1) is 13.2 Å². The Morgan fingerprint density at radius 3 is 2.40 bits per heavy atom. The third-order valence-electron chi connectivity index (χ3n) is 6.70. The van der Waals surface area contributed by atoms with Crippen molar-refractivity contribution in [2.75, 3.05) is 60.5 Å². The SMILES string of the molecule is CN=C(NCCC1CCN(C)CC1)NCC(c1ccc(OC)cc1)N1CCCCC1. The Hall–Kier alpha value is -1.79. The molecule has 1 unspecified atom stereocenters. The first kappa shape index (κ1) is 22.9. The quantitative estimate of drug-likeness (QED) is 0.505. The third-order valence-corrected chi connectivity index (χ3v) is 6.70. The molecule has 2 aliphatic rings. The van der Waals surface area contributed by atoms with Crippen LogP contribution >= 0.6 is 0 Å². The van der Waals surface area contributed by atoms with E-state index in [1.807, 2.05) is 7.05 Å². The molecule has 2 aliphatic heterocycles. The highest BCUT2D eigenvalue weighted by molar-refractivity contribution is 5.79.